The van der Waals surface area contributed by atoms with Crippen molar-refractivity contribution in [1.29, 1.82) is 0 Å². The second kappa shape index (κ2) is 7.78. The van der Waals surface area contributed by atoms with E-state index in [0.29, 0.717) is 18.9 Å². The Morgan fingerprint density at radius 2 is 1.82 bits per heavy atom. The first-order valence-electron chi connectivity index (χ1n) is 9.31. The van der Waals surface area contributed by atoms with Crippen molar-refractivity contribution in [2.24, 2.45) is 5.10 Å². The van der Waals surface area contributed by atoms with Gasteiger partial charge in [0.05, 0.1) is 12.4 Å². The lowest BCUT2D eigenvalue weighted by Gasteiger charge is -2.35. The van der Waals surface area contributed by atoms with Crippen LogP contribution >= 0.6 is 0 Å². The zero-order valence-corrected chi connectivity index (χ0v) is 15.4. The van der Waals surface area contributed by atoms with Crippen LogP contribution in [-0.2, 0) is 6.18 Å². The Kier molecular flexibility index (Phi) is 5.21. The average molecular weight is 393 g/mol. The predicted molar refractivity (Wildman–Crippen MR) is 99.4 cm³/mol. The van der Waals surface area contributed by atoms with Crippen molar-refractivity contribution < 1.29 is 13.2 Å². The fourth-order valence-corrected chi connectivity index (χ4v) is 3.47. The highest BCUT2D eigenvalue weighted by Gasteiger charge is 2.33. The van der Waals surface area contributed by atoms with Gasteiger partial charge in [-0.15, -0.1) is 0 Å². The van der Waals surface area contributed by atoms with Crippen LogP contribution in [-0.4, -0.2) is 76.5 Å². The molecule has 4 heterocycles. The molecule has 0 spiro atoms. The van der Waals surface area contributed by atoms with Gasteiger partial charge >= 0.3 is 6.18 Å². The summed E-state index contributed by atoms with van der Waals surface area (Å²) in [5, 5.41) is 6.64. The molecule has 0 atom stereocenters. The number of alkyl halides is 3. The van der Waals surface area contributed by atoms with Gasteiger partial charge in [0.15, 0.2) is 11.5 Å². The molecule has 3 aliphatic heterocycles. The summed E-state index contributed by atoms with van der Waals surface area (Å²) in [6, 6.07) is 0. The van der Waals surface area contributed by atoms with Crippen molar-refractivity contribution in [2.75, 3.05) is 50.8 Å². The van der Waals surface area contributed by atoms with E-state index in [0.717, 1.165) is 51.3 Å². The lowest BCUT2D eigenvalue weighted by molar-refractivity contribution is -0.141. The number of halogens is 3. The number of anilines is 1. The second-order valence-electron chi connectivity index (χ2n) is 6.94. The highest BCUT2D eigenvalue weighted by atomic mass is 19.4. The van der Waals surface area contributed by atoms with Gasteiger partial charge in [-0.25, -0.2) is 4.98 Å². The molecule has 0 aliphatic carbocycles. The van der Waals surface area contributed by atoms with E-state index < -0.39 is 11.9 Å². The molecule has 4 rings (SSSR count). The van der Waals surface area contributed by atoms with E-state index in [1.54, 1.807) is 0 Å². The second-order valence-corrected chi connectivity index (χ2v) is 6.94. The number of amidine groups is 1. The van der Waals surface area contributed by atoms with Crippen LogP contribution in [0.2, 0.25) is 0 Å². The van der Waals surface area contributed by atoms with Gasteiger partial charge in [-0.05, 0) is 18.6 Å². The average Bonchev–Trinajstić information content (AvgIpc) is 3.11. The molecule has 0 bridgehead atoms. The van der Waals surface area contributed by atoms with Crippen LogP contribution in [0.5, 0.6) is 0 Å². The largest absolute Gasteiger partial charge is 0.434 e. The van der Waals surface area contributed by atoms with E-state index in [1.807, 2.05) is 29.3 Å². The first kappa shape index (κ1) is 18.7. The fraction of sp³-hybridized carbons (Fsp3) is 0.500. The maximum Gasteiger partial charge on any atom is 0.434 e. The third-order valence-corrected chi connectivity index (χ3v) is 4.98. The van der Waals surface area contributed by atoms with Gasteiger partial charge in [0, 0.05) is 45.5 Å². The van der Waals surface area contributed by atoms with Gasteiger partial charge in [-0.1, -0.05) is 6.08 Å². The number of piperazine rings is 1. The first-order valence-corrected chi connectivity index (χ1v) is 9.31. The zero-order valence-electron chi connectivity index (χ0n) is 15.4. The zero-order chi connectivity index (χ0) is 19.6. The normalized spacial score (nSPS) is 20.0. The Bertz CT molecular complexity index is 782. The molecule has 0 N–H and O–H groups in total. The summed E-state index contributed by atoms with van der Waals surface area (Å²) < 4.78 is 38.4. The van der Waals surface area contributed by atoms with Crippen LogP contribution in [0.25, 0.3) is 0 Å². The molecule has 0 aromatic carbocycles. The standard InChI is InChI=1S/C18H22F3N7/c19-18(20,21)15-12-22-13-17(23-15)26-10-8-25(9-11-26)5-3-7-28-14-27-6-2-1-4-16(27)24-28/h1-2,4,6,12-13H,3,5,7-11,14H2. The Morgan fingerprint density at radius 1 is 1.00 bits per heavy atom. The van der Waals surface area contributed by atoms with Crippen molar-refractivity contribution >= 4 is 11.7 Å². The first-order chi connectivity index (χ1) is 13.5. The molecule has 1 saturated heterocycles. The number of hydrogen-bond acceptors (Lipinski definition) is 7. The molecule has 7 nitrogen and oxygen atoms in total. The number of fused-ring (bicyclic) bond motifs is 1. The number of nitrogens with zero attached hydrogens (tertiary/aromatic N) is 7. The minimum absolute atomic E-state index is 0.292. The molecule has 0 unspecified atom stereocenters. The molecule has 150 valence electrons. The number of rotatable bonds is 5. The Morgan fingerprint density at radius 3 is 2.57 bits per heavy atom. The van der Waals surface area contributed by atoms with Crippen LogP contribution in [0.15, 0.2) is 41.9 Å². The smallest absolute Gasteiger partial charge is 0.353 e. The lowest BCUT2D eigenvalue weighted by atomic mass is 10.3. The number of hydrazone groups is 1. The number of hydrogen-bond donors (Lipinski definition) is 0. The molecular formula is C18H22F3N7. The Labute approximate surface area is 161 Å². The van der Waals surface area contributed by atoms with E-state index in [1.165, 1.54) is 6.20 Å². The monoisotopic (exact) mass is 393 g/mol. The molecule has 1 aromatic heterocycles. The van der Waals surface area contributed by atoms with Gasteiger partial charge in [-0.3, -0.25) is 14.9 Å². The van der Waals surface area contributed by atoms with Crippen LogP contribution < -0.4 is 4.90 Å². The molecule has 0 radical (unpaired) electrons. The maximum absolute atomic E-state index is 12.8. The van der Waals surface area contributed by atoms with Crippen molar-refractivity contribution in [3.8, 4) is 0 Å². The summed E-state index contributed by atoms with van der Waals surface area (Å²) in [7, 11) is 0. The molecule has 3 aliphatic rings. The van der Waals surface area contributed by atoms with Crippen molar-refractivity contribution in [1.82, 2.24) is 24.8 Å². The van der Waals surface area contributed by atoms with E-state index in [4.69, 9.17) is 0 Å². The van der Waals surface area contributed by atoms with Gasteiger partial charge < -0.3 is 9.80 Å². The van der Waals surface area contributed by atoms with E-state index in [9.17, 15) is 13.2 Å². The van der Waals surface area contributed by atoms with Gasteiger partial charge in [-0.2, -0.15) is 18.3 Å². The van der Waals surface area contributed by atoms with Crippen LogP contribution in [0.4, 0.5) is 19.0 Å². The van der Waals surface area contributed by atoms with Crippen LogP contribution in [0.3, 0.4) is 0 Å². The summed E-state index contributed by atoms with van der Waals surface area (Å²) >= 11 is 0. The molecular weight excluding hydrogens is 371 g/mol. The molecule has 1 fully saturated rings. The fourth-order valence-electron chi connectivity index (χ4n) is 3.47. The van der Waals surface area contributed by atoms with E-state index in [2.05, 4.69) is 29.9 Å². The van der Waals surface area contributed by atoms with Crippen molar-refractivity contribution in [3.05, 3.63) is 42.5 Å². The molecule has 10 heteroatoms. The van der Waals surface area contributed by atoms with Crippen molar-refractivity contribution in [3.63, 3.8) is 0 Å². The quantitative estimate of drug-likeness (QED) is 0.763. The summed E-state index contributed by atoms with van der Waals surface area (Å²) in [6.45, 7) is 5.47. The Hall–Kier alpha value is -2.62. The number of aromatic nitrogens is 2. The maximum atomic E-state index is 12.8. The summed E-state index contributed by atoms with van der Waals surface area (Å²) in [5.41, 5.74) is -0.944. The van der Waals surface area contributed by atoms with Gasteiger partial charge in [0.25, 0.3) is 0 Å². The summed E-state index contributed by atoms with van der Waals surface area (Å²) in [4.78, 5) is 13.7. The molecule has 28 heavy (non-hydrogen) atoms. The van der Waals surface area contributed by atoms with E-state index in [-0.39, 0.29) is 0 Å². The lowest BCUT2D eigenvalue weighted by Crippen LogP contribution is -2.47. The van der Waals surface area contributed by atoms with Gasteiger partial charge in [0.1, 0.15) is 12.5 Å². The minimum Gasteiger partial charge on any atom is -0.353 e. The minimum atomic E-state index is -4.47. The molecule has 0 amide bonds. The summed E-state index contributed by atoms with van der Waals surface area (Å²) in [6.07, 6.45) is 6.67. The van der Waals surface area contributed by atoms with Crippen molar-refractivity contribution in [2.45, 2.75) is 12.6 Å². The molecule has 1 aromatic rings. The predicted octanol–water partition coefficient (Wildman–Crippen LogP) is 1.98. The number of allylic oxidation sites excluding steroid dienone is 2. The third kappa shape index (κ3) is 4.27. The molecule has 0 saturated carbocycles. The third-order valence-electron chi connectivity index (χ3n) is 4.98. The Balaban J connectivity index is 1.21. The summed E-state index contributed by atoms with van der Waals surface area (Å²) in [5.74, 6) is 1.26. The van der Waals surface area contributed by atoms with Gasteiger partial charge in [0.2, 0.25) is 0 Å². The van der Waals surface area contributed by atoms with Crippen LogP contribution in [0.1, 0.15) is 12.1 Å². The SMILES string of the molecule is FC(F)(F)c1cncc(N2CCN(CCCN3CN4C=CC=CC4=N3)CC2)n1. The highest BCUT2D eigenvalue weighted by molar-refractivity contribution is 5.95. The highest BCUT2D eigenvalue weighted by Crippen LogP contribution is 2.28. The van der Waals surface area contributed by atoms with Crippen LogP contribution in [0, 0.1) is 0 Å². The van der Waals surface area contributed by atoms with E-state index >= 15 is 0 Å². The topological polar surface area (TPSA) is 51.1 Å².